The maximum Gasteiger partial charge on any atom is 0.234 e. The summed E-state index contributed by atoms with van der Waals surface area (Å²) in [4.78, 5) is 17.7. The zero-order valence-corrected chi connectivity index (χ0v) is 12.4. The van der Waals surface area contributed by atoms with E-state index in [1.54, 1.807) is 0 Å². The Hall–Kier alpha value is -0.690. The molecule has 2 unspecified atom stereocenters. The van der Waals surface area contributed by atoms with Crippen molar-refractivity contribution >= 4 is 5.91 Å². The number of hydrogen-bond acceptors (Lipinski definition) is 5. The molecular weight excluding hydrogens is 244 g/mol. The van der Waals surface area contributed by atoms with Crippen LogP contribution in [0.15, 0.2) is 0 Å². The predicted octanol–water partition coefficient (Wildman–Crippen LogP) is -1.21. The van der Waals surface area contributed by atoms with Gasteiger partial charge in [-0.1, -0.05) is 6.92 Å². The highest BCUT2D eigenvalue weighted by Crippen LogP contribution is 2.05. The van der Waals surface area contributed by atoms with Gasteiger partial charge in [-0.15, -0.1) is 0 Å². The van der Waals surface area contributed by atoms with E-state index in [4.69, 9.17) is 5.73 Å². The summed E-state index contributed by atoms with van der Waals surface area (Å²) in [5.41, 5.74) is 5.35. The van der Waals surface area contributed by atoms with E-state index in [0.29, 0.717) is 19.5 Å². The highest BCUT2D eigenvalue weighted by atomic mass is 16.3. The average Bonchev–Trinajstić information content (AvgIpc) is 2.32. The van der Waals surface area contributed by atoms with Crippen LogP contribution < -0.4 is 5.73 Å². The van der Waals surface area contributed by atoms with Gasteiger partial charge in [-0.3, -0.25) is 14.6 Å². The molecule has 0 spiro atoms. The molecule has 0 bridgehead atoms. The number of aliphatic hydroxyl groups is 1. The largest absolute Gasteiger partial charge is 0.390 e. The van der Waals surface area contributed by atoms with Crippen molar-refractivity contribution in [1.29, 1.82) is 0 Å². The third kappa shape index (κ3) is 5.44. The molecule has 0 aromatic rings. The summed E-state index contributed by atoms with van der Waals surface area (Å²) in [5, 5.41) is 10.1. The number of nitrogens with zero attached hydrogens (tertiary/aromatic N) is 3. The van der Waals surface area contributed by atoms with Crippen molar-refractivity contribution in [3.63, 3.8) is 0 Å². The van der Waals surface area contributed by atoms with Crippen molar-refractivity contribution < 1.29 is 9.90 Å². The lowest BCUT2D eigenvalue weighted by Crippen LogP contribution is -2.50. The number of aliphatic hydroxyl groups excluding tert-OH is 1. The molecular formula is C13H28N4O2. The van der Waals surface area contributed by atoms with Crippen LogP contribution in [0.3, 0.4) is 0 Å². The second-order valence-corrected chi connectivity index (χ2v) is 5.52. The SMILES string of the molecule is CCC(C(N)=O)N(C)CC(O)CN1CCN(C)CC1. The molecule has 6 nitrogen and oxygen atoms in total. The summed E-state index contributed by atoms with van der Waals surface area (Å²) in [6.07, 6.45) is 0.231. The Morgan fingerprint density at radius 3 is 2.42 bits per heavy atom. The number of likely N-dealkylation sites (N-methyl/N-ethyl adjacent to an activating group) is 2. The Kier molecular flexibility index (Phi) is 6.71. The fourth-order valence-electron chi connectivity index (χ4n) is 2.58. The van der Waals surface area contributed by atoms with Gasteiger partial charge in [0.15, 0.2) is 0 Å². The number of carbonyl (C=O) groups is 1. The van der Waals surface area contributed by atoms with Gasteiger partial charge in [0.1, 0.15) is 0 Å². The van der Waals surface area contributed by atoms with Crippen LogP contribution in [0.1, 0.15) is 13.3 Å². The van der Waals surface area contributed by atoms with E-state index in [9.17, 15) is 9.90 Å². The Balaban J connectivity index is 2.33. The van der Waals surface area contributed by atoms with Crippen molar-refractivity contribution in [1.82, 2.24) is 14.7 Å². The van der Waals surface area contributed by atoms with Crippen LogP contribution in [-0.4, -0.2) is 91.2 Å². The Morgan fingerprint density at radius 1 is 1.37 bits per heavy atom. The molecule has 1 aliphatic rings. The molecule has 6 heteroatoms. The van der Waals surface area contributed by atoms with E-state index >= 15 is 0 Å². The van der Waals surface area contributed by atoms with Gasteiger partial charge >= 0.3 is 0 Å². The third-order valence-corrected chi connectivity index (χ3v) is 3.81. The van der Waals surface area contributed by atoms with E-state index in [1.165, 1.54) is 0 Å². The molecule has 1 aliphatic heterocycles. The van der Waals surface area contributed by atoms with E-state index in [1.807, 2.05) is 18.9 Å². The Morgan fingerprint density at radius 2 is 1.95 bits per heavy atom. The number of nitrogens with two attached hydrogens (primary N) is 1. The molecule has 0 aromatic heterocycles. The van der Waals surface area contributed by atoms with Crippen LogP contribution in [0.25, 0.3) is 0 Å². The summed E-state index contributed by atoms with van der Waals surface area (Å²) in [6.45, 7) is 7.14. The average molecular weight is 272 g/mol. The first-order valence-corrected chi connectivity index (χ1v) is 7.02. The maximum atomic E-state index is 11.3. The van der Waals surface area contributed by atoms with Crippen LogP contribution in [0.2, 0.25) is 0 Å². The molecule has 1 amide bonds. The number of carbonyl (C=O) groups excluding carboxylic acids is 1. The lowest BCUT2D eigenvalue weighted by atomic mass is 10.1. The minimum absolute atomic E-state index is 0.290. The number of β-amino-alcohol motifs (C(OH)–C–C–N with tert-alkyl or cyclic N) is 1. The van der Waals surface area contributed by atoms with Gasteiger partial charge < -0.3 is 15.7 Å². The summed E-state index contributed by atoms with van der Waals surface area (Å²) < 4.78 is 0. The van der Waals surface area contributed by atoms with Crippen LogP contribution in [0, 0.1) is 0 Å². The molecule has 19 heavy (non-hydrogen) atoms. The molecule has 3 N–H and O–H groups in total. The maximum absolute atomic E-state index is 11.3. The van der Waals surface area contributed by atoms with Gasteiger partial charge in [-0.25, -0.2) is 0 Å². The first kappa shape index (κ1) is 16.4. The fourth-order valence-corrected chi connectivity index (χ4v) is 2.58. The smallest absolute Gasteiger partial charge is 0.234 e. The predicted molar refractivity (Wildman–Crippen MR) is 75.8 cm³/mol. The lowest BCUT2D eigenvalue weighted by molar-refractivity contribution is -0.123. The molecule has 0 aromatic carbocycles. The first-order valence-electron chi connectivity index (χ1n) is 7.02. The zero-order valence-electron chi connectivity index (χ0n) is 12.4. The van der Waals surface area contributed by atoms with Gasteiger partial charge in [-0.05, 0) is 20.5 Å². The van der Waals surface area contributed by atoms with Gasteiger partial charge in [0, 0.05) is 39.3 Å². The number of amides is 1. The summed E-state index contributed by atoms with van der Waals surface area (Å²) in [6, 6.07) is -0.290. The summed E-state index contributed by atoms with van der Waals surface area (Å²) >= 11 is 0. The van der Waals surface area contributed by atoms with Gasteiger partial charge in [0.25, 0.3) is 0 Å². The molecule has 1 saturated heterocycles. The topological polar surface area (TPSA) is 73.0 Å². The van der Waals surface area contributed by atoms with Gasteiger partial charge in [0.2, 0.25) is 5.91 Å². The third-order valence-electron chi connectivity index (χ3n) is 3.81. The molecule has 0 saturated carbocycles. The van der Waals surface area contributed by atoms with Crippen LogP contribution in [0.4, 0.5) is 0 Å². The molecule has 0 radical (unpaired) electrons. The monoisotopic (exact) mass is 272 g/mol. The van der Waals surface area contributed by atoms with E-state index < -0.39 is 6.10 Å². The molecule has 1 rings (SSSR count). The first-order chi connectivity index (χ1) is 8.93. The van der Waals surface area contributed by atoms with Crippen molar-refractivity contribution in [2.75, 3.05) is 53.4 Å². The lowest BCUT2D eigenvalue weighted by Gasteiger charge is -2.34. The van der Waals surface area contributed by atoms with Crippen LogP contribution in [0.5, 0.6) is 0 Å². The van der Waals surface area contributed by atoms with Gasteiger partial charge in [0.05, 0.1) is 12.1 Å². The molecule has 0 aliphatic carbocycles. The minimum atomic E-state index is -0.443. The second kappa shape index (κ2) is 7.79. The number of primary amides is 1. The fraction of sp³-hybridized carbons (Fsp3) is 0.923. The van der Waals surface area contributed by atoms with Crippen molar-refractivity contribution in [3.8, 4) is 0 Å². The van der Waals surface area contributed by atoms with Gasteiger partial charge in [-0.2, -0.15) is 0 Å². The normalized spacial score (nSPS) is 21.5. The van der Waals surface area contributed by atoms with E-state index in [0.717, 1.165) is 26.2 Å². The Bertz CT molecular complexity index is 280. The second-order valence-electron chi connectivity index (χ2n) is 5.52. The highest BCUT2D eigenvalue weighted by Gasteiger charge is 2.22. The highest BCUT2D eigenvalue weighted by molar-refractivity contribution is 5.79. The van der Waals surface area contributed by atoms with Crippen LogP contribution >= 0.6 is 0 Å². The molecule has 1 fully saturated rings. The standard InChI is InChI=1S/C13H28N4O2/c1-4-12(13(14)19)16(3)9-11(18)10-17-7-5-15(2)6-8-17/h11-12,18H,4-10H2,1-3H3,(H2,14,19). The zero-order chi connectivity index (χ0) is 14.4. The Labute approximate surface area is 116 Å². The number of hydrogen-bond donors (Lipinski definition) is 2. The minimum Gasteiger partial charge on any atom is -0.390 e. The van der Waals surface area contributed by atoms with Crippen molar-refractivity contribution in [3.05, 3.63) is 0 Å². The van der Waals surface area contributed by atoms with Crippen LogP contribution in [-0.2, 0) is 4.79 Å². The molecule has 2 atom stereocenters. The van der Waals surface area contributed by atoms with Crippen molar-refractivity contribution in [2.24, 2.45) is 5.73 Å². The summed E-state index contributed by atoms with van der Waals surface area (Å²) in [7, 11) is 3.95. The number of piperazine rings is 1. The molecule has 112 valence electrons. The quantitative estimate of drug-likeness (QED) is 0.608. The number of rotatable bonds is 7. The molecule has 1 heterocycles. The van der Waals surface area contributed by atoms with E-state index in [2.05, 4.69) is 16.8 Å². The summed E-state index contributed by atoms with van der Waals surface area (Å²) in [5.74, 6) is -0.322. The van der Waals surface area contributed by atoms with E-state index in [-0.39, 0.29) is 11.9 Å². The van der Waals surface area contributed by atoms with Crippen molar-refractivity contribution in [2.45, 2.75) is 25.5 Å².